The normalized spacial score (nSPS) is 18.9. The molecule has 0 aliphatic carbocycles. The van der Waals surface area contributed by atoms with Gasteiger partial charge in [0.1, 0.15) is 5.69 Å². The van der Waals surface area contributed by atoms with Crippen LogP contribution in [0.3, 0.4) is 0 Å². The number of pyridine rings is 1. The van der Waals surface area contributed by atoms with Crippen molar-refractivity contribution in [3.05, 3.63) is 53.4 Å². The summed E-state index contributed by atoms with van der Waals surface area (Å²) in [6, 6.07) is 5.55. The molecule has 2 aliphatic heterocycles. The van der Waals surface area contributed by atoms with Gasteiger partial charge in [-0.05, 0) is 50.7 Å². The van der Waals surface area contributed by atoms with Gasteiger partial charge in [-0.2, -0.15) is 0 Å². The molecule has 1 spiro atoms. The van der Waals surface area contributed by atoms with Crippen molar-refractivity contribution in [2.24, 2.45) is 5.41 Å². The van der Waals surface area contributed by atoms with Crippen LogP contribution in [0.5, 0.6) is 0 Å². The zero-order chi connectivity index (χ0) is 20.4. The SMILES string of the molecule is Cc1cnc(CN2CC3(CCC2=O)CCN(C(=O)c2cccc(C)n2)CC3)cn1. The Labute approximate surface area is 171 Å². The van der Waals surface area contributed by atoms with Gasteiger partial charge in [-0.1, -0.05) is 6.07 Å². The Morgan fingerprint density at radius 1 is 1.07 bits per heavy atom. The topological polar surface area (TPSA) is 79.3 Å². The first kappa shape index (κ1) is 19.5. The molecule has 0 radical (unpaired) electrons. The molecule has 0 aromatic carbocycles. The van der Waals surface area contributed by atoms with Crippen molar-refractivity contribution < 1.29 is 9.59 Å². The number of aryl methyl sites for hydroxylation is 2. The molecule has 0 saturated carbocycles. The van der Waals surface area contributed by atoms with E-state index in [-0.39, 0.29) is 17.2 Å². The lowest BCUT2D eigenvalue weighted by molar-refractivity contribution is -0.139. The van der Waals surface area contributed by atoms with Gasteiger partial charge in [-0.25, -0.2) is 4.98 Å². The minimum Gasteiger partial charge on any atom is -0.337 e. The molecule has 7 heteroatoms. The summed E-state index contributed by atoms with van der Waals surface area (Å²) in [4.78, 5) is 42.2. The first-order valence-corrected chi connectivity index (χ1v) is 10.2. The lowest BCUT2D eigenvalue weighted by atomic mass is 9.72. The number of carbonyl (C=O) groups excluding carboxylic acids is 2. The van der Waals surface area contributed by atoms with Gasteiger partial charge in [-0.15, -0.1) is 0 Å². The minimum atomic E-state index is 0.00206. The van der Waals surface area contributed by atoms with Crippen LogP contribution in [0.2, 0.25) is 0 Å². The number of likely N-dealkylation sites (tertiary alicyclic amines) is 2. The molecule has 152 valence electrons. The molecule has 2 saturated heterocycles. The van der Waals surface area contributed by atoms with E-state index in [0.717, 1.165) is 42.9 Å². The minimum absolute atomic E-state index is 0.00206. The second kappa shape index (κ2) is 7.89. The van der Waals surface area contributed by atoms with Crippen LogP contribution in [-0.2, 0) is 11.3 Å². The van der Waals surface area contributed by atoms with Gasteiger partial charge < -0.3 is 9.80 Å². The molecule has 2 aliphatic rings. The van der Waals surface area contributed by atoms with Gasteiger partial charge in [0, 0.05) is 37.9 Å². The number of piperidine rings is 2. The molecular formula is C22H27N5O2. The molecule has 2 aromatic heterocycles. The largest absolute Gasteiger partial charge is 0.337 e. The molecule has 0 atom stereocenters. The van der Waals surface area contributed by atoms with Crippen LogP contribution in [0.1, 0.15) is 53.3 Å². The van der Waals surface area contributed by atoms with Crippen molar-refractivity contribution >= 4 is 11.8 Å². The molecular weight excluding hydrogens is 366 g/mol. The first-order chi connectivity index (χ1) is 13.9. The van der Waals surface area contributed by atoms with Crippen LogP contribution in [0.25, 0.3) is 0 Å². The Bertz CT molecular complexity index is 904. The third kappa shape index (κ3) is 4.28. The summed E-state index contributed by atoms with van der Waals surface area (Å²) in [7, 11) is 0. The summed E-state index contributed by atoms with van der Waals surface area (Å²) in [6.45, 7) is 6.45. The highest BCUT2D eigenvalue weighted by Gasteiger charge is 2.42. The van der Waals surface area contributed by atoms with E-state index in [1.165, 1.54) is 0 Å². The van der Waals surface area contributed by atoms with Crippen LogP contribution in [0, 0.1) is 19.3 Å². The van der Waals surface area contributed by atoms with Crippen molar-refractivity contribution in [1.29, 1.82) is 0 Å². The molecule has 0 bridgehead atoms. The van der Waals surface area contributed by atoms with Crippen LogP contribution < -0.4 is 0 Å². The van der Waals surface area contributed by atoms with E-state index in [1.54, 1.807) is 18.5 Å². The second-order valence-electron chi connectivity index (χ2n) is 8.36. The van der Waals surface area contributed by atoms with E-state index in [9.17, 15) is 9.59 Å². The Morgan fingerprint density at radius 3 is 2.55 bits per heavy atom. The lowest BCUT2D eigenvalue weighted by Crippen LogP contribution is -2.52. The number of rotatable bonds is 3. The average Bonchev–Trinajstić information content (AvgIpc) is 2.73. The van der Waals surface area contributed by atoms with Gasteiger partial charge in [0.2, 0.25) is 5.91 Å². The monoisotopic (exact) mass is 393 g/mol. The maximum Gasteiger partial charge on any atom is 0.272 e. The summed E-state index contributed by atoms with van der Waals surface area (Å²) in [5, 5.41) is 0. The van der Waals surface area contributed by atoms with Crippen LogP contribution in [0.15, 0.2) is 30.6 Å². The maximum absolute atomic E-state index is 12.8. The zero-order valence-corrected chi connectivity index (χ0v) is 17.1. The summed E-state index contributed by atoms with van der Waals surface area (Å²) >= 11 is 0. The molecule has 4 rings (SSSR count). The molecule has 4 heterocycles. The van der Waals surface area contributed by atoms with Gasteiger partial charge in [0.25, 0.3) is 5.91 Å². The van der Waals surface area contributed by atoms with Crippen molar-refractivity contribution in [2.45, 2.75) is 46.1 Å². The van der Waals surface area contributed by atoms with Crippen molar-refractivity contribution in [3.63, 3.8) is 0 Å². The van der Waals surface area contributed by atoms with E-state index < -0.39 is 0 Å². The smallest absolute Gasteiger partial charge is 0.272 e. The number of nitrogens with zero attached hydrogens (tertiary/aromatic N) is 5. The highest BCUT2D eigenvalue weighted by Crippen LogP contribution is 2.40. The second-order valence-corrected chi connectivity index (χ2v) is 8.36. The van der Waals surface area contributed by atoms with Gasteiger partial charge in [-0.3, -0.25) is 19.6 Å². The van der Waals surface area contributed by atoms with Crippen molar-refractivity contribution in [1.82, 2.24) is 24.8 Å². The molecule has 0 N–H and O–H groups in total. The van der Waals surface area contributed by atoms with E-state index in [2.05, 4.69) is 15.0 Å². The van der Waals surface area contributed by atoms with Gasteiger partial charge >= 0.3 is 0 Å². The Morgan fingerprint density at radius 2 is 1.86 bits per heavy atom. The molecule has 29 heavy (non-hydrogen) atoms. The fourth-order valence-electron chi connectivity index (χ4n) is 4.36. The number of aromatic nitrogens is 3. The predicted molar refractivity (Wildman–Crippen MR) is 108 cm³/mol. The van der Waals surface area contributed by atoms with E-state index in [1.807, 2.05) is 35.8 Å². The van der Waals surface area contributed by atoms with Crippen LogP contribution in [0.4, 0.5) is 0 Å². The molecule has 0 unspecified atom stereocenters. The molecule has 7 nitrogen and oxygen atoms in total. The van der Waals surface area contributed by atoms with E-state index in [4.69, 9.17) is 0 Å². The summed E-state index contributed by atoms with van der Waals surface area (Å²) < 4.78 is 0. The Kier molecular flexibility index (Phi) is 5.30. The van der Waals surface area contributed by atoms with E-state index in [0.29, 0.717) is 31.7 Å². The van der Waals surface area contributed by atoms with Crippen molar-refractivity contribution in [3.8, 4) is 0 Å². The van der Waals surface area contributed by atoms with Crippen LogP contribution in [-0.4, -0.2) is 56.2 Å². The first-order valence-electron chi connectivity index (χ1n) is 10.2. The Hall–Kier alpha value is -2.83. The number of hydrogen-bond donors (Lipinski definition) is 0. The summed E-state index contributed by atoms with van der Waals surface area (Å²) in [5.41, 5.74) is 3.14. The summed E-state index contributed by atoms with van der Waals surface area (Å²) in [5.74, 6) is 0.183. The average molecular weight is 393 g/mol. The Balaban J connectivity index is 1.40. The molecule has 2 aromatic rings. The fourth-order valence-corrected chi connectivity index (χ4v) is 4.36. The molecule has 2 amide bonds. The van der Waals surface area contributed by atoms with Crippen molar-refractivity contribution in [2.75, 3.05) is 19.6 Å². The van der Waals surface area contributed by atoms with Crippen LogP contribution >= 0.6 is 0 Å². The number of hydrogen-bond acceptors (Lipinski definition) is 5. The lowest BCUT2D eigenvalue weighted by Gasteiger charge is -2.47. The van der Waals surface area contributed by atoms with Gasteiger partial charge in [0.05, 0.1) is 24.1 Å². The predicted octanol–water partition coefficient (Wildman–Crippen LogP) is 2.53. The zero-order valence-electron chi connectivity index (χ0n) is 17.1. The summed E-state index contributed by atoms with van der Waals surface area (Å²) in [6.07, 6.45) is 6.77. The van der Waals surface area contributed by atoms with E-state index >= 15 is 0 Å². The quantitative estimate of drug-likeness (QED) is 0.801. The molecule has 2 fully saturated rings. The number of carbonyl (C=O) groups is 2. The van der Waals surface area contributed by atoms with Gasteiger partial charge in [0.15, 0.2) is 0 Å². The highest BCUT2D eigenvalue weighted by molar-refractivity contribution is 5.92. The standard InChI is InChI=1S/C22H27N5O2/c1-16-4-3-5-19(25-16)21(29)26-10-8-22(9-11-26)7-6-20(28)27(15-22)14-18-13-23-17(2)12-24-18/h3-5,12-13H,6-11,14-15H2,1-2H3. The highest BCUT2D eigenvalue weighted by atomic mass is 16.2. The third-order valence-corrected chi connectivity index (χ3v) is 6.15. The maximum atomic E-state index is 12.8. The fraction of sp³-hybridized carbons (Fsp3) is 0.500. The number of amides is 2. The third-order valence-electron chi connectivity index (χ3n) is 6.15.